The maximum Gasteiger partial charge on any atom is 0.0366 e. The van der Waals surface area contributed by atoms with Gasteiger partial charge in [0.1, 0.15) is 0 Å². The summed E-state index contributed by atoms with van der Waals surface area (Å²) >= 11 is 4.11. The van der Waals surface area contributed by atoms with E-state index in [1.807, 2.05) is 18.2 Å². The lowest BCUT2D eigenvalue weighted by atomic mass is 10.3. The molecule has 0 amide bonds. The van der Waals surface area contributed by atoms with Gasteiger partial charge in [0.15, 0.2) is 0 Å². The highest BCUT2D eigenvalue weighted by atomic mass is 32.1. The van der Waals surface area contributed by atoms with Crippen molar-refractivity contribution in [2.75, 3.05) is 24.2 Å². The number of nitrogens with zero attached hydrogens (tertiary/aromatic N) is 1. The van der Waals surface area contributed by atoms with Gasteiger partial charge < -0.3 is 4.90 Å². The Morgan fingerprint density at radius 2 is 1.92 bits per heavy atom. The molecule has 0 aliphatic heterocycles. The summed E-state index contributed by atoms with van der Waals surface area (Å²) in [7, 11) is 2.08. The van der Waals surface area contributed by atoms with Crippen LogP contribution in [0.2, 0.25) is 0 Å². The van der Waals surface area contributed by atoms with Gasteiger partial charge in [0.05, 0.1) is 0 Å². The molecule has 1 aromatic rings. The number of rotatable bonds is 4. The Morgan fingerprint density at radius 3 is 2.54 bits per heavy atom. The number of anilines is 1. The Balaban J connectivity index is 2.49. The molecule has 0 radical (unpaired) electrons. The number of thiol groups is 1. The van der Waals surface area contributed by atoms with Gasteiger partial charge in [0.2, 0.25) is 0 Å². The van der Waals surface area contributed by atoms with E-state index in [1.165, 1.54) is 5.69 Å². The minimum absolute atomic E-state index is 0.808. The molecule has 0 atom stereocenters. The second-order valence-electron chi connectivity index (χ2n) is 2.87. The molecule has 0 N–H and O–H groups in total. The molecule has 1 aromatic carbocycles. The minimum Gasteiger partial charge on any atom is -0.371 e. The van der Waals surface area contributed by atoms with E-state index in [1.54, 1.807) is 0 Å². The third-order valence-electron chi connectivity index (χ3n) is 1.85. The maximum atomic E-state index is 4.11. The smallest absolute Gasteiger partial charge is 0.0366 e. The normalized spacial score (nSPS) is 10.6. The molecular weight excluding hydrogens is 178 g/mol. The molecule has 0 spiro atoms. The van der Waals surface area contributed by atoms with Crippen LogP contribution in [0.5, 0.6) is 0 Å². The zero-order chi connectivity index (χ0) is 9.52. The summed E-state index contributed by atoms with van der Waals surface area (Å²) in [5, 5.41) is 0. The van der Waals surface area contributed by atoms with Crippen LogP contribution in [0.3, 0.4) is 0 Å². The second-order valence-corrected chi connectivity index (χ2v) is 3.24. The Kier molecular flexibility index (Phi) is 4.47. The molecular formula is C11H15NS. The third kappa shape index (κ3) is 3.55. The fraction of sp³-hybridized carbons (Fsp3) is 0.273. The van der Waals surface area contributed by atoms with Crippen LogP contribution in [0.1, 0.15) is 0 Å². The van der Waals surface area contributed by atoms with E-state index in [-0.39, 0.29) is 0 Å². The summed E-state index contributed by atoms with van der Waals surface area (Å²) in [5.41, 5.74) is 1.24. The summed E-state index contributed by atoms with van der Waals surface area (Å²) in [4.78, 5) is 2.19. The largest absolute Gasteiger partial charge is 0.371 e. The number of para-hydroxylation sites is 1. The molecule has 0 aromatic heterocycles. The van der Waals surface area contributed by atoms with Crippen molar-refractivity contribution in [1.29, 1.82) is 0 Å². The first-order chi connectivity index (χ1) is 6.34. The van der Waals surface area contributed by atoms with Gasteiger partial charge in [-0.05, 0) is 12.1 Å². The predicted octanol–water partition coefficient (Wildman–Crippen LogP) is 2.61. The van der Waals surface area contributed by atoms with Gasteiger partial charge in [-0.15, -0.1) is 0 Å². The van der Waals surface area contributed by atoms with Crippen LogP contribution in [-0.4, -0.2) is 19.3 Å². The summed E-state index contributed by atoms with van der Waals surface area (Å²) < 4.78 is 0. The molecule has 13 heavy (non-hydrogen) atoms. The van der Waals surface area contributed by atoms with Crippen molar-refractivity contribution in [1.82, 2.24) is 0 Å². The van der Waals surface area contributed by atoms with Gasteiger partial charge >= 0.3 is 0 Å². The summed E-state index contributed by atoms with van der Waals surface area (Å²) in [6.07, 6.45) is 4.18. The fourth-order valence-electron chi connectivity index (χ4n) is 1.10. The SMILES string of the molecule is CN(CC=CCS)c1ccccc1. The Bertz CT molecular complexity index is 256. The first kappa shape index (κ1) is 10.2. The van der Waals surface area contributed by atoms with Crippen molar-refractivity contribution in [2.24, 2.45) is 0 Å². The second kappa shape index (κ2) is 5.70. The van der Waals surface area contributed by atoms with Crippen molar-refractivity contribution in [3.8, 4) is 0 Å². The Labute approximate surface area is 85.5 Å². The summed E-state index contributed by atoms with van der Waals surface area (Å²) in [6, 6.07) is 10.3. The molecule has 2 heteroatoms. The van der Waals surface area contributed by atoms with Crippen LogP contribution in [0, 0.1) is 0 Å². The van der Waals surface area contributed by atoms with Crippen molar-refractivity contribution >= 4 is 18.3 Å². The van der Waals surface area contributed by atoms with Crippen LogP contribution in [-0.2, 0) is 0 Å². The van der Waals surface area contributed by atoms with E-state index in [9.17, 15) is 0 Å². The molecule has 0 heterocycles. The Morgan fingerprint density at radius 1 is 1.23 bits per heavy atom. The van der Waals surface area contributed by atoms with Gasteiger partial charge in [0.25, 0.3) is 0 Å². The molecule has 0 aliphatic carbocycles. The van der Waals surface area contributed by atoms with E-state index in [4.69, 9.17) is 0 Å². The van der Waals surface area contributed by atoms with Crippen LogP contribution in [0.4, 0.5) is 5.69 Å². The maximum absolute atomic E-state index is 4.11. The van der Waals surface area contributed by atoms with Crippen LogP contribution in [0.15, 0.2) is 42.5 Å². The molecule has 0 bridgehead atoms. The van der Waals surface area contributed by atoms with E-state index in [0.717, 1.165) is 12.3 Å². The zero-order valence-electron chi connectivity index (χ0n) is 7.85. The standard InChI is InChI=1S/C11H15NS/c1-12(9-5-6-10-13)11-7-3-2-4-8-11/h2-8,13H,9-10H2,1H3. The topological polar surface area (TPSA) is 3.24 Å². The number of likely N-dealkylation sites (N-methyl/N-ethyl adjacent to an activating group) is 1. The van der Waals surface area contributed by atoms with Gasteiger partial charge in [-0.3, -0.25) is 0 Å². The highest BCUT2D eigenvalue weighted by Gasteiger charge is 1.94. The first-order valence-corrected chi connectivity index (χ1v) is 5.00. The van der Waals surface area contributed by atoms with Crippen molar-refractivity contribution in [2.45, 2.75) is 0 Å². The summed E-state index contributed by atoms with van der Waals surface area (Å²) in [6.45, 7) is 0.935. The van der Waals surface area contributed by atoms with Gasteiger partial charge in [0, 0.05) is 25.0 Å². The average molecular weight is 193 g/mol. The highest BCUT2D eigenvalue weighted by Crippen LogP contribution is 2.10. The number of benzene rings is 1. The van der Waals surface area contributed by atoms with Gasteiger partial charge in [-0.2, -0.15) is 12.6 Å². The van der Waals surface area contributed by atoms with Crippen LogP contribution in [0.25, 0.3) is 0 Å². The molecule has 0 unspecified atom stereocenters. The summed E-state index contributed by atoms with van der Waals surface area (Å²) in [5.74, 6) is 0.808. The number of hydrogen-bond acceptors (Lipinski definition) is 2. The predicted molar refractivity (Wildman–Crippen MR) is 62.7 cm³/mol. The number of hydrogen-bond donors (Lipinski definition) is 1. The molecule has 1 rings (SSSR count). The van der Waals surface area contributed by atoms with Gasteiger partial charge in [-0.1, -0.05) is 30.4 Å². The highest BCUT2D eigenvalue weighted by molar-refractivity contribution is 7.80. The lowest BCUT2D eigenvalue weighted by Crippen LogP contribution is -2.16. The third-order valence-corrected chi connectivity index (χ3v) is 2.06. The van der Waals surface area contributed by atoms with Gasteiger partial charge in [-0.25, -0.2) is 0 Å². The first-order valence-electron chi connectivity index (χ1n) is 4.36. The zero-order valence-corrected chi connectivity index (χ0v) is 8.74. The average Bonchev–Trinajstić information content (AvgIpc) is 2.19. The molecule has 0 fully saturated rings. The van der Waals surface area contributed by atoms with Crippen LogP contribution >= 0.6 is 12.6 Å². The lowest BCUT2D eigenvalue weighted by molar-refractivity contribution is 1.03. The fourth-order valence-corrected chi connectivity index (χ4v) is 1.24. The molecule has 70 valence electrons. The van der Waals surface area contributed by atoms with E-state index < -0.39 is 0 Å². The molecule has 0 aliphatic rings. The Hall–Kier alpha value is -0.890. The quantitative estimate of drug-likeness (QED) is 0.568. The van der Waals surface area contributed by atoms with Crippen molar-refractivity contribution < 1.29 is 0 Å². The van der Waals surface area contributed by atoms with Crippen molar-refractivity contribution in [3.05, 3.63) is 42.5 Å². The van der Waals surface area contributed by atoms with Crippen molar-refractivity contribution in [3.63, 3.8) is 0 Å². The minimum atomic E-state index is 0.808. The van der Waals surface area contributed by atoms with E-state index >= 15 is 0 Å². The lowest BCUT2D eigenvalue weighted by Gasteiger charge is -2.16. The van der Waals surface area contributed by atoms with E-state index in [0.29, 0.717) is 0 Å². The molecule has 0 saturated carbocycles. The monoisotopic (exact) mass is 193 g/mol. The molecule has 0 saturated heterocycles. The van der Waals surface area contributed by atoms with Crippen LogP contribution < -0.4 is 4.90 Å². The molecule has 1 nitrogen and oxygen atoms in total. The van der Waals surface area contributed by atoms with E-state index in [2.05, 4.69) is 48.9 Å².